The lowest BCUT2D eigenvalue weighted by molar-refractivity contribution is 0.127. The number of ether oxygens (including phenoxy) is 1. The van der Waals surface area contributed by atoms with E-state index < -0.39 is 0 Å². The first-order chi connectivity index (χ1) is 11.8. The Kier molecular flexibility index (Phi) is 5.96. The highest BCUT2D eigenvalue weighted by Crippen LogP contribution is 2.16. The molecule has 0 radical (unpaired) electrons. The van der Waals surface area contributed by atoms with Crippen molar-refractivity contribution in [3.05, 3.63) is 36.8 Å². The van der Waals surface area contributed by atoms with Gasteiger partial charge in [0.2, 0.25) is 0 Å². The van der Waals surface area contributed by atoms with E-state index in [1.165, 1.54) is 0 Å². The van der Waals surface area contributed by atoms with Crippen LogP contribution in [0, 0.1) is 0 Å². The van der Waals surface area contributed by atoms with Crippen LogP contribution in [-0.4, -0.2) is 70.3 Å². The number of rotatable bonds is 8. The summed E-state index contributed by atoms with van der Waals surface area (Å²) in [5.74, 6) is 1.08. The zero-order valence-electron chi connectivity index (χ0n) is 14.5. The monoisotopic (exact) mass is 329 g/mol. The smallest absolute Gasteiger partial charge is 0.160 e. The molecular weight excluding hydrogens is 302 g/mol. The number of pyridine rings is 1. The molecule has 0 aliphatic carbocycles. The van der Waals surface area contributed by atoms with E-state index in [2.05, 4.69) is 25.9 Å². The van der Waals surface area contributed by atoms with E-state index in [9.17, 15) is 0 Å². The van der Waals surface area contributed by atoms with E-state index in [4.69, 9.17) is 9.72 Å². The van der Waals surface area contributed by atoms with Crippen LogP contribution in [0.5, 0.6) is 0 Å². The van der Waals surface area contributed by atoms with Crippen molar-refractivity contribution in [1.29, 1.82) is 0 Å². The number of fused-ring (bicyclic) bond motifs is 1. The molecule has 0 N–H and O–H groups in total. The van der Waals surface area contributed by atoms with E-state index in [1.807, 2.05) is 31.3 Å². The summed E-state index contributed by atoms with van der Waals surface area (Å²) in [5, 5.41) is 0. The molecule has 0 spiro atoms. The van der Waals surface area contributed by atoms with Gasteiger partial charge in [-0.3, -0.25) is 9.80 Å². The van der Waals surface area contributed by atoms with Crippen LogP contribution in [0.25, 0.3) is 11.2 Å². The second kappa shape index (κ2) is 8.37. The number of hydrogen-bond acceptors (Lipinski definition) is 5. The summed E-state index contributed by atoms with van der Waals surface area (Å²) < 4.78 is 7.75. The SMILES string of the molecule is C=CCN1CCN(Cc2nc3cccnc3n2CCOCC)CC1. The fourth-order valence-corrected chi connectivity index (χ4v) is 3.17. The summed E-state index contributed by atoms with van der Waals surface area (Å²) in [6, 6.07) is 3.98. The van der Waals surface area contributed by atoms with Gasteiger partial charge in [-0.25, -0.2) is 9.97 Å². The molecule has 1 fully saturated rings. The third kappa shape index (κ3) is 4.01. The number of hydrogen-bond donors (Lipinski definition) is 0. The van der Waals surface area contributed by atoms with Gasteiger partial charge < -0.3 is 9.30 Å². The third-order valence-electron chi connectivity index (χ3n) is 4.46. The highest BCUT2D eigenvalue weighted by molar-refractivity contribution is 5.71. The lowest BCUT2D eigenvalue weighted by Gasteiger charge is -2.33. The van der Waals surface area contributed by atoms with Gasteiger partial charge >= 0.3 is 0 Å². The van der Waals surface area contributed by atoms with Gasteiger partial charge in [0.05, 0.1) is 13.2 Å². The molecule has 6 nitrogen and oxygen atoms in total. The van der Waals surface area contributed by atoms with E-state index in [-0.39, 0.29) is 0 Å². The topological polar surface area (TPSA) is 46.4 Å². The third-order valence-corrected chi connectivity index (χ3v) is 4.46. The van der Waals surface area contributed by atoms with Crippen molar-refractivity contribution in [3.8, 4) is 0 Å². The molecule has 3 rings (SSSR count). The van der Waals surface area contributed by atoms with Gasteiger partial charge in [0.15, 0.2) is 5.65 Å². The summed E-state index contributed by atoms with van der Waals surface area (Å²) in [6.45, 7) is 14.2. The molecule has 3 heterocycles. The fraction of sp³-hybridized carbons (Fsp3) is 0.556. The number of imidazole rings is 1. The second-order valence-electron chi connectivity index (χ2n) is 6.09. The number of piperazine rings is 1. The molecule has 24 heavy (non-hydrogen) atoms. The molecule has 0 unspecified atom stereocenters. The van der Waals surface area contributed by atoms with Crippen LogP contribution in [0.1, 0.15) is 12.7 Å². The van der Waals surface area contributed by atoms with Gasteiger partial charge in [-0.2, -0.15) is 0 Å². The minimum Gasteiger partial charge on any atom is -0.380 e. The highest BCUT2D eigenvalue weighted by atomic mass is 16.5. The van der Waals surface area contributed by atoms with Crippen LogP contribution in [0.15, 0.2) is 31.0 Å². The maximum absolute atomic E-state index is 5.54. The van der Waals surface area contributed by atoms with Crippen molar-refractivity contribution in [2.45, 2.75) is 20.0 Å². The van der Waals surface area contributed by atoms with Crippen LogP contribution in [0.3, 0.4) is 0 Å². The summed E-state index contributed by atoms with van der Waals surface area (Å²) in [4.78, 5) is 14.2. The van der Waals surface area contributed by atoms with E-state index in [0.717, 1.165) is 69.4 Å². The zero-order chi connectivity index (χ0) is 16.8. The minimum absolute atomic E-state index is 0.693. The molecule has 0 saturated carbocycles. The Labute approximate surface area is 143 Å². The van der Waals surface area contributed by atoms with Crippen molar-refractivity contribution < 1.29 is 4.74 Å². The Morgan fingerprint density at radius 2 is 2.04 bits per heavy atom. The molecule has 1 aliphatic rings. The number of aromatic nitrogens is 3. The molecular formula is C18H27N5O. The molecule has 6 heteroatoms. The van der Waals surface area contributed by atoms with Crippen molar-refractivity contribution in [1.82, 2.24) is 24.3 Å². The molecule has 0 bridgehead atoms. The summed E-state index contributed by atoms with van der Waals surface area (Å²) in [5.41, 5.74) is 1.92. The maximum Gasteiger partial charge on any atom is 0.160 e. The Bertz CT molecular complexity index is 660. The average Bonchev–Trinajstić information content (AvgIpc) is 2.95. The van der Waals surface area contributed by atoms with Crippen molar-refractivity contribution in [2.75, 3.05) is 45.9 Å². The van der Waals surface area contributed by atoms with E-state index >= 15 is 0 Å². The molecule has 2 aromatic heterocycles. The molecule has 0 atom stereocenters. The molecule has 2 aromatic rings. The second-order valence-corrected chi connectivity index (χ2v) is 6.09. The Morgan fingerprint density at radius 3 is 2.79 bits per heavy atom. The van der Waals surface area contributed by atoms with Gasteiger partial charge in [0, 0.05) is 52.1 Å². The Morgan fingerprint density at radius 1 is 1.25 bits per heavy atom. The van der Waals surface area contributed by atoms with Gasteiger partial charge in [-0.1, -0.05) is 6.08 Å². The average molecular weight is 329 g/mol. The van der Waals surface area contributed by atoms with Gasteiger partial charge in [0.25, 0.3) is 0 Å². The summed E-state index contributed by atoms with van der Waals surface area (Å²) >= 11 is 0. The number of nitrogens with zero attached hydrogens (tertiary/aromatic N) is 5. The highest BCUT2D eigenvalue weighted by Gasteiger charge is 2.19. The van der Waals surface area contributed by atoms with Gasteiger partial charge in [-0.15, -0.1) is 6.58 Å². The first kappa shape index (κ1) is 17.1. The normalized spacial score (nSPS) is 16.7. The zero-order valence-corrected chi connectivity index (χ0v) is 14.5. The summed E-state index contributed by atoms with van der Waals surface area (Å²) in [7, 11) is 0. The first-order valence-electron chi connectivity index (χ1n) is 8.75. The first-order valence-corrected chi connectivity index (χ1v) is 8.75. The van der Waals surface area contributed by atoms with Gasteiger partial charge in [0.1, 0.15) is 11.3 Å². The Hall–Kier alpha value is -1.76. The Balaban J connectivity index is 1.71. The van der Waals surface area contributed by atoms with Crippen LogP contribution < -0.4 is 0 Å². The molecule has 1 aliphatic heterocycles. The van der Waals surface area contributed by atoms with E-state index in [0.29, 0.717) is 6.61 Å². The van der Waals surface area contributed by atoms with Crippen LogP contribution in [0.4, 0.5) is 0 Å². The fourth-order valence-electron chi connectivity index (χ4n) is 3.17. The predicted molar refractivity (Wildman–Crippen MR) is 95.9 cm³/mol. The van der Waals surface area contributed by atoms with Gasteiger partial charge in [-0.05, 0) is 19.1 Å². The van der Waals surface area contributed by atoms with Crippen LogP contribution in [-0.2, 0) is 17.8 Å². The molecule has 0 aromatic carbocycles. The lowest BCUT2D eigenvalue weighted by Crippen LogP contribution is -2.46. The quantitative estimate of drug-likeness (QED) is 0.546. The van der Waals surface area contributed by atoms with Crippen LogP contribution >= 0.6 is 0 Å². The van der Waals surface area contributed by atoms with Crippen LogP contribution in [0.2, 0.25) is 0 Å². The maximum atomic E-state index is 5.54. The standard InChI is InChI=1S/C18H27N5O/c1-3-8-21-9-11-22(12-10-21)15-17-20-16-6-5-7-19-18(16)23(17)13-14-24-4-2/h3,5-7H,1,4,8-15H2,2H3. The van der Waals surface area contributed by atoms with Crippen molar-refractivity contribution in [2.24, 2.45) is 0 Å². The van der Waals surface area contributed by atoms with Crippen molar-refractivity contribution >= 4 is 11.2 Å². The lowest BCUT2D eigenvalue weighted by atomic mass is 10.3. The molecule has 0 amide bonds. The molecule has 130 valence electrons. The minimum atomic E-state index is 0.693. The van der Waals surface area contributed by atoms with Crippen molar-refractivity contribution in [3.63, 3.8) is 0 Å². The predicted octanol–water partition coefficient (Wildman–Crippen LogP) is 1.77. The largest absolute Gasteiger partial charge is 0.380 e. The summed E-state index contributed by atoms with van der Waals surface area (Å²) in [6.07, 6.45) is 3.81. The van der Waals surface area contributed by atoms with E-state index in [1.54, 1.807) is 0 Å². The molecule has 1 saturated heterocycles.